The Balaban J connectivity index is 0.630. The highest BCUT2D eigenvalue weighted by Gasteiger charge is 2.56. The molecule has 28 rings (SSSR count). The minimum atomic E-state index is -0.877. The minimum absolute atomic E-state index is 0.295. The Labute approximate surface area is 774 Å². The molecule has 0 fully saturated rings. The lowest BCUT2D eigenvalue weighted by atomic mass is 9.64. The molecule has 24 aromatic rings. The first kappa shape index (κ1) is 75.6. The number of benzene rings is 22. The maximum absolute atomic E-state index is 15.7. The van der Waals surface area contributed by atoms with Crippen LogP contribution < -0.4 is 19.6 Å². The summed E-state index contributed by atoms with van der Waals surface area (Å²) < 4.78 is 20.5. The van der Waals surface area contributed by atoms with Crippen molar-refractivity contribution in [2.75, 3.05) is 19.6 Å². The van der Waals surface area contributed by atoms with Crippen LogP contribution in [0.15, 0.2) is 473 Å². The molecule has 2 spiro atoms. The van der Waals surface area contributed by atoms with Crippen LogP contribution in [0.3, 0.4) is 0 Å². The molecule has 7 heteroatoms. The van der Waals surface area contributed by atoms with Crippen molar-refractivity contribution in [1.82, 2.24) is 9.13 Å². The van der Waals surface area contributed by atoms with Crippen LogP contribution in [0.2, 0.25) is 0 Å². The summed E-state index contributed by atoms with van der Waals surface area (Å²) in [7, 11) is 0. The third-order valence-electron chi connectivity index (χ3n) is 29.5. The molecule has 0 atom stereocenters. The van der Waals surface area contributed by atoms with Gasteiger partial charge in [0.15, 0.2) is 0 Å². The SMILES string of the molecule is Cc1ccc(N(c2ccc3c(c2)c2cc(-c4cccc(N5c6ccccc6C6(c7ccccc75)c5ccc7ccccc7c5-c5c6cc(N(c6ccc(F)cc6)c6ccc7c(c6)c6ccccc6n7-c6ccccc6)c6ccccc56)c4)ccc2n3-c2ccccc2)c2cc3c(c4ccccc24)-c2c(ccc4ccccc24)C32c3ccccc3N(c3ccccc3)c3ccccc32)cc1. The average molecular weight is 1710 g/mol. The molecule has 0 radical (unpaired) electrons. The molecule has 2 aliphatic carbocycles. The van der Waals surface area contributed by atoms with Crippen molar-refractivity contribution in [1.29, 1.82) is 0 Å². The van der Waals surface area contributed by atoms with Crippen LogP contribution in [0.1, 0.15) is 50.1 Å². The predicted octanol–water partition coefficient (Wildman–Crippen LogP) is 33.8. The van der Waals surface area contributed by atoms with Crippen molar-refractivity contribution in [3.05, 3.63) is 529 Å². The van der Waals surface area contributed by atoms with Crippen LogP contribution in [0, 0.1) is 12.7 Å². The summed E-state index contributed by atoms with van der Waals surface area (Å²) in [5, 5.41) is 13.9. The van der Waals surface area contributed by atoms with Crippen molar-refractivity contribution in [2.45, 2.75) is 17.8 Å². The predicted molar refractivity (Wildman–Crippen MR) is 556 cm³/mol. The molecule has 0 unspecified atom stereocenters. The molecular formula is C127H81FN6. The van der Waals surface area contributed by atoms with Gasteiger partial charge < -0.3 is 28.7 Å². The molecule has 2 aromatic heterocycles. The van der Waals surface area contributed by atoms with Crippen LogP contribution in [0.4, 0.5) is 72.6 Å². The number of aromatic nitrogens is 2. The number of aryl methyl sites for hydroxylation is 1. The summed E-state index contributed by atoms with van der Waals surface area (Å²) >= 11 is 0. The number of nitrogens with zero attached hydrogens (tertiary/aromatic N) is 6. The second-order valence-corrected chi connectivity index (χ2v) is 36.2. The van der Waals surface area contributed by atoms with Crippen LogP contribution in [-0.4, -0.2) is 9.13 Å². The second-order valence-electron chi connectivity index (χ2n) is 36.2. The van der Waals surface area contributed by atoms with E-state index in [-0.39, 0.29) is 5.82 Å². The van der Waals surface area contributed by atoms with E-state index in [0.717, 1.165) is 151 Å². The van der Waals surface area contributed by atoms with E-state index >= 15 is 4.39 Å². The van der Waals surface area contributed by atoms with Gasteiger partial charge in [-0.15, -0.1) is 0 Å². The maximum Gasteiger partial charge on any atom is 0.123 e. The molecule has 4 aliphatic rings. The Morgan fingerprint density at radius 2 is 0.552 bits per heavy atom. The van der Waals surface area contributed by atoms with Crippen LogP contribution in [-0.2, 0) is 10.8 Å². The van der Waals surface area contributed by atoms with Crippen molar-refractivity contribution in [3.63, 3.8) is 0 Å². The Bertz CT molecular complexity index is 8970. The first-order chi connectivity index (χ1) is 66.3. The zero-order valence-electron chi connectivity index (χ0n) is 73.1. The second kappa shape index (κ2) is 29.1. The summed E-state index contributed by atoms with van der Waals surface area (Å²) in [4.78, 5) is 9.93. The number of rotatable bonds is 11. The highest BCUT2D eigenvalue weighted by molar-refractivity contribution is 6.21. The number of halogens is 1. The lowest BCUT2D eigenvalue weighted by Gasteiger charge is -2.45. The Hall–Kier alpha value is -17.4. The summed E-state index contributed by atoms with van der Waals surface area (Å²) in [6, 6.07) is 175. The van der Waals surface area contributed by atoms with E-state index in [1.165, 1.54) is 99.3 Å². The highest BCUT2D eigenvalue weighted by atomic mass is 19.1. The topological polar surface area (TPSA) is 22.8 Å². The fourth-order valence-corrected chi connectivity index (χ4v) is 24.1. The van der Waals surface area contributed by atoms with Gasteiger partial charge in [-0.3, -0.25) is 0 Å². The molecule has 134 heavy (non-hydrogen) atoms. The van der Waals surface area contributed by atoms with Crippen LogP contribution in [0.25, 0.3) is 131 Å². The highest BCUT2D eigenvalue weighted by Crippen LogP contribution is 2.69. The third-order valence-corrected chi connectivity index (χ3v) is 29.5. The average Bonchev–Trinajstić information content (AvgIpc) is 1.49. The number of hydrogen-bond donors (Lipinski definition) is 0. The minimum Gasteiger partial charge on any atom is -0.310 e. The number of hydrogen-bond acceptors (Lipinski definition) is 4. The van der Waals surface area contributed by atoms with Gasteiger partial charge in [-0.05, 0) is 293 Å². The number of para-hydroxylation sites is 8. The Morgan fingerprint density at radius 1 is 0.209 bits per heavy atom. The number of fused-ring (bicyclic) bond motifs is 32. The lowest BCUT2D eigenvalue weighted by molar-refractivity contribution is 0.628. The van der Waals surface area contributed by atoms with Crippen molar-refractivity contribution in [3.8, 4) is 44.8 Å². The van der Waals surface area contributed by atoms with Crippen molar-refractivity contribution in [2.24, 2.45) is 0 Å². The molecular weight excluding hydrogens is 1630 g/mol. The van der Waals surface area contributed by atoms with E-state index in [2.05, 4.69) is 485 Å². The normalized spacial score (nSPS) is 13.4. The van der Waals surface area contributed by atoms with Crippen molar-refractivity contribution < 1.29 is 4.39 Å². The third kappa shape index (κ3) is 10.7. The fourth-order valence-electron chi connectivity index (χ4n) is 24.1. The van der Waals surface area contributed by atoms with Gasteiger partial charge >= 0.3 is 0 Å². The molecule has 0 saturated heterocycles. The molecule has 2 aliphatic heterocycles. The molecule has 6 nitrogen and oxygen atoms in total. The molecule has 0 saturated carbocycles. The van der Waals surface area contributed by atoms with Gasteiger partial charge in [0.25, 0.3) is 0 Å². The Morgan fingerprint density at radius 3 is 1.04 bits per heavy atom. The van der Waals surface area contributed by atoms with Crippen LogP contribution in [0.5, 0.6) is 0 Å². The standard InChI is InChI=1S/C127H81FN6/c1-80-56-63-89(64-57-80)129(120-78-110-124(99-45-17-15-42-96(99)120)122-94-40-13-11-30-81(94)58-69-108(122)126(110)104-47-20-25-52-116(104)133(88-37-9-4-10-38-88)117-53-26-21-48-105(117)126)93-68-73-115-103(77-93)101-75-84(60-71-113(101)132(115)87-35-7-3-8-36-87)83-32-29-39-91(74-83)134-118-54-27-22-49-106(118)127(107-50-23-28-55-119(107)134)109-70-59-82-31-12-14-41-95(82)123(109)125-100-46-18-16-43-97(100)121(79-111(125)127)130(90-65-61-85(128)62-66-90)92-67-72-114-102(76-92)98-44-19-24-51-112(98)131(114)86-33-5-2-6-34-86/h2-79H,1H3. The van der Waals surface area contributed by atoms with Crippen molar-refractivity contribution >= 4 is 155 Å². The van der Waals surface area contributed by atoms with E-state index < -0.39 is 10.8 Å². The van der Waals surface area contributed by atoms with E-state index in [9.17, 15) is 0 Å². The zero-order chi connectivity index (χ0) is 88.2. The summed E-state index contributed by atoms with van der Waals surface area (Å²) in [5.41, 5.74) is 35.6. The van der Waals surface area contributed by atoms with Crippen LogP contribution >= 0.6 is 0 Å². The van der Waals surface area contributed by atoms with Gasteiger partial charge in [0.1, 0.15) is 5.82 Å². The molecule has 0 bridgehead atoms. The zero-order valence-corrected chi connectivity index (χ0v) is 73.1. The summed E-state index contributed by atoms with van der Waals surface area (Å²) in [6.45, 7) is 2.19. The quantitative estimate of drug-likeness (QED) is 0.129. The van der Waals surface area contributed by atoms with E-state index in [1.54, 1.807) is 12.1 Å². The lowest BCUT2D eigenvalue weighted by Crippen LogP contribution is -2.36. The molecule has 626 valence electrons. The van der Waals surface area contributed by atoms with E-state index in [0.29, 0.717) is 0 Å². The van der Waals surface area contributed by atoms with Gasteiger partial charge in [-0.1, -0.05) is 303 Å². The monoisotopic (exact) mass is 1710 g/mol. The summed E-state index contributed by atoms with van der Waals surface area (Å²) in [6.07, 6.45) is 0. The first-order valence-corrected chi connectivity index (χ1v) is 46.3. The fraction of sp³-hybridized carbons (Fsp3) is 0.0236. The maximum atomic E-state index is 15.7. The Kier molecular flexibility index (Phi) is 16.4. The smallest absolute Gasteiger partial charge is 0.123 e. The van der Waals surface area contributed by atoms with Gasteiger partial charge in [0, 0.05) is 77.8 Å². The molecule has 0 amide bonds. The first-order valence-electron chi connectivity index (χ1n) is 46.3. The largest absolute Gasteiger partial charge is 0.310 e. The van der Waals surface area contributed by atoms with Gasteiger partial charge in [0.05, 0.1) is 67.0 Å². The van der Waals surface area contributed by atoms with E-state index in [1.807, 2.05) is 12.1 Å². The number of anilines is 12. The molecule has 4 heterocycles. The molecule has 22 aromatic carbocycles. The van der Waals surface area contributed by atoms with Gasteiger partial charge in [-0.2, -0.15) is 0 Å². The van der Waals surface area contributed by atoms with Gasteiger partial charge in [-0.25, -0.2) is 4.39 Å². The molecule has 0 N–H and O–H groups in total. The summed E-state index contributed by atoms with van der Waals surface area (Å²) in [5.74, 6) is -0.295. The van der Waals surface area contributed by atoms with Gasteiger partial charge in [0.2, 0.25) is 0 Å². The van der Waals surface area contributed by atoms with E-state index in [4.69, 9.17) is 0 Å².